The molecule has 0 spiro atoms. The molecule has 2 aromatic rings. The molecule has 94 valence electrons. The number of rotatable bonds is 3. The van der Waals surface area contributed by atoms with Gasteiger partial charge in [0, 0.05) is 5.02 Å². The van der Waals surface area contributed by atoms with E-state index < -0.39 is 10.0 Å². The number of hydrogen-bond acceptors (Lipinski definition) is 2. The van der Waals surface area contributed by atoms with Crippen LogP contribution in [-0.4, -0.2) is 8.42 Å². The van der Waals surface area contributed by atoms with Gasteiger partial charge in [0.25, 0.3) is 10.0 Å². The number of benzene rings is 2. The Morgan fingerprint density at radius 1 is 0.944 bits per heavy atom. The fraction of sp³-hybridized carbons (Fsp3) is 0. The Bertz CT molecular complexity index is 657. The number of anilines is 1. The van der Waals surface area contributed by atoms with Crippen molar-refractivity contribution < 1.29 is 8.42 Å². The first-order valence-electron chi connectivity index (χ1n) is 5.02. The molecule has 0 fully saturated rings. The van der Waals surface area contributed by atoms with Crippen LogP contribution in [0.15, 0.2) is 53.4 Å². The lowest BCUT2D eigenvalue weighted by Gasteiger charge is -2.09. The molecule has 3 nitrogen and oxygen atoms in total. The van der Waals surface area contributed by atoms with E-state index in [4.69, 9.17) is 23.2 Å². The van der Waals surface area contributed by atoms with Gasteiger partial charge in [0.05, 0.1) is 15.6 Å². The van der Waals surface area contributed by atoms with Crippen molar-refractivity contribution in [1.29, 1.82) is 0 Å². The molecule has 18 heavy (non-hydrogen) atoms. The summed E-state index contributed by atoms with van der Waals surface area (Å²) in [6.07, 6.45) is 0. The maximum absolute atomic E-state index is 12.1. The Labute approximate surface area is 115 Å². The summed E-state index contributed by atoms with van der Waals surface area (Å²) in [7, 11) is -3.65. The molecule has 0 aliphatic rings. The number of hydrogen-bond donors (Lipinski definition) is 1. The molecule has 0 saturated carbocycles. The zero-order chi connectivity index (χ0) is 13.2. The molecule has 0 atom stereocenters. The molecule has 2 aromatic carbocycles. The van der Waals surface area contributed by atoms with E-state index in [0.29, 0.717) is 10.0 Å². The molecule has 0 amide bonds. The minimum absolute atomic E-state index is 0.168. The van der Waals surface area contributed by atoms with Crippen molar-refractivity contribution in [2.24, 2.45) is 0 Å². The van der Waals surface area contributed by atoms with Gasteiger partial charge in [0.2, 0.25) is 0 Å². The van der Waals surface area contributed by atoms with Gasteiger partial charge in [-0.15, -0.1) is 0 Å². The monoisotopic (exact) mass is 301 g/mol. The Balaban J connectivity index is 2.37. The van der Waals surface area contributed by atoms with Gasteiger partial charge in [0.15, 0.2) is 0 Å². The highest BCUT2D eigenvalue weighted by atomic mass is 35.5. The molecule has 0 unspecified atom stereocenters. The van der Waals surface area contributed by atoms with Crippen LogP contribution in [0.1, 0.15) is 0 Å². The molecule has 2 rings (SSSR count). The summed E-state index contributed by atoms with van der Waals surface area (Å²) in [6.45, 7) is 0. The molecule has 6 heteroatoms. The largest absolute Gasteiger partial charge is 0.278 e. The fourth-order valence-corrected chi connectivity index (χ4v) is 2.86. The van der Waals surface area contributed by atoms with E-state index in [1.807, 2.05) is 0 Å². The van der Waals surface area contributed by atoms with Crippen molar-refractivity contribution in [3.05, 3.63) is 58.6 Å². The van der Waals surface area contributed by atoms with Crippen LogP contribution in [0, 0.1) is 0 Å². The Hall–Kier alpha value is -1.23. The molecule has 0 aliphatic heterocycles. The van der Waals surface area contributed by atoms with Crippen LogP contribution in [0.4, 0.5) is 5.69 Å². The van der Waals surface area contributed by atoms with E-state index in [9.17, 15) is 8.42 Å². The normalized spacial score (nSPS) is 11.2. The molecule has 0 bridgehead atoms. The summed E-state index contributed by atoms with van der Waals surface area (Å²) in [5.74, 6) is 0. The van der Waals surface area contributed by atoms with E-state index in [-0.39, 0.29) is 10.6 Å². The van der Waals surface area contributed by atoms with Crippen LogP contribution in [0.5, 0.6) is 0 Å². The Kier molecular flexibility index (Phi) is 3.80. The SMILES string of the molecule is O=S(=O)(Nc1cc(Cl)ccc1Cl)c1ccccc1. The van der Waals surface area contributed by atoms with Gasteiger partial charge >= 0.3 is 0 Å². The van der Waals surface area contributed by atoms with Crippen LogP contribution in [0.2, 0.25) is 10.0 Å². The maximum atomic E-state index is 12.1. The maximum Gasteiger partial charge on any atom is 0.261 e. The predicted molar refractivity (Wildman–Crippen MR) is 73.7 cm³/mol. The standard InChI is InChI=1S/C12H9Cl2NO2S/c13-9-6-7-11(14)12(8-9)15-18(16,17)10-4-2-1-3-5-10/h1-8,15H. The minimum Gasteiger partial charge on any atom is -0.278 e. The summed E-state index contributed by atoms with van der Waals surface area (Å²) in [4.78, 5) is 0.168. The highest BCUT2D eigenvalue weighted by Crippen LogP contribution is 2.27. The number of nitrogens with one attached hydrogen (secondary N) is 1. The second-order valence-electron chi connectivity index (χ2n) is 3.54. The van der Waals surface area contributed by atoms with E-state index in [2.05, 4.69) is 4.72 Å². The summed E-state index contributed by atoms with van der Waals surface area (Å²) in [5.41, 5.74) is 0.257. The van der Waals surface area contributed by atoms with Gasteiger partial charge in [-0.2, -0.15) is 0 Å². The zero-order valence-electron chi connectivity index (χ0n) is 9.10. The van der Waals surface area contributed by atoms with Crippen LogP contribution >= 0.6 is 23.2 Å². The van der Waals surface area contributed by atoms with Crippen LogP contribution < -0.4 is 4.72 Å². The van der Waals surface area contributed by atoms with Crippen molar-refractivity contribution in [2.45, 2.75) is 4.90 Å². The average Bonchev–Trinajstić information content (AvgIpc) is 2.35. The number of sulfonamides is 1. The molecule has 0 aliphatic carbocycles. The number of halogens is 2. The predicted octanol–water partition coefficient (Wildman–Crippen LogP) is 3.79. The van der Waals surface area contributed by atoms with Crippen molar-refractivity contribution in [3.63, 3.8) is 0 Å². The smallest absolute Gasteiger partial charge is 0.261 e. The molecule has 0 heterocycles. The van der Waals surface area contributed by atoms with Gasteiger partial charge < -0.3 is 0 Å². The van der Waals surface area contributed by atoms with Crippen LogP contribution in [-0.2, 0) is 10.0 Å². The van der Waals surface area contributed by atoms with E-state index in [1.165, 1.54) is 24.3 Å². The van der Waals surface area contributed by atoms with Crippen LogP contribution in [0.25, 0.3) is 0 Å². The third kappa shape index (κ3) is 2.96. The lowest BCUT2D eigenvalue weighted by Crippen LogP contribution is -2.13. The van der Waals surface area contributed by atoms with Gasteiger partial charge in [-0.25, -0.2) is 8.42 Å². The van der Waals surface area contributed by atoms with Crippen molar-refractivity contribution in [1.82, 2.24) is 0 Å². The van der Waals surface area contributed by atoms with Gasteiger partial charge in [-0.1, -0.05) is 41.4 Å². The quantitative estimate of drug-likeness (QED) is 0.937. The van der Waals surface area contributed by atoms with Crippen LogP contribution in [0.3, 0.4) is 0 Å². The summed E-state index contributed by atoms with van der Waals surface area (Å²) < 4.78 is 26.5. The third-order valence-corrected chi connectivity index (χ3v) is 4.17. The first kappa shape index (κ1) is 13.2. The van der Waals surface area contributed by atoms with Crippen molar-refractivity contribution in [2.75, 3.05) is 4.72 Å². The highest BCUT2D eigenvalue weighted by Gasteiger charge is 2.15. The lowest BCUT2D eigenvalue weighted by atomic mass is 10.3. The topological polar surface area (TPSA) is 46.2 Å². The van der Waals surface area contributed by atoms with E-state index in [0.717, 1.165) is 0 Å². The van der Waals surface area contributed by atoms with Gasteiger partial charge in [-0.3, -0.25) is 4.72 Å². The molecular formula is C12H9Cl2NO2S. The van der Waals surface area contributed by atoms with Gasteiger partial charge in [0.1, 0.15) is 0 Å². The molecular weight excluding hydrogens is 293 g/mol. The summed E-state index contributed by atoms with van der Waals surface area (Å²) in [5, 5.41) is 0.698. The first-order chi connectivity index (χ1) is 8.49. The van der Waals surface area contributed by atoms with Gasteiger partial charge in [-0.05, 0) is 30.3 Å². The highest BCUT2D eigenvalue weighted by molar-refractivity contribution is 7.92. The Morgan fingerprint density at radius 3 is 2.28 bits per heavy atom. The first-order valence-corrected chi connectivity index (χ1v) is 7.26. The molecule has 0 aromatic heterocycles. The fourth-order valence-electron chi connectivity index (χ4n) is 1.38. The minimum atomic E-state index is -3.65. The van der Waals surface area contributed by atoms with E-state index in [1.54, 1.807) is 24.3 Å². The summed E-state index contributed by atoms with van der Waals surface area (Å²) in [6, 6.07) is 12.6. The van der Waals surface area contributed by atoms with E-state index >= 15 is 0 Å². The summed E-state index contributed by atoms with van der Waals surface area (Å²) >= 11 is 11.7. The Morgan fingerprint density at radius 2 is 1.61 bits per heavy atom. The molecule has 1 N–H and O–H groups in total. The lowest BCUT2D eigenvalue weighted by molar-refractivity contribution is 0.601. The third-order valence-electron chi connectivity index (χ3n) is 2.23. The zero-order valence-corrected chi connectivity index (χ0v) is 11.4. The van der Waals surface area contributed by atoms with Crippen molar-refractivity contribution in [3.8, 4) is 0 Å². The van der Waals surface area contributed by atoms with Crippen molar-refractivity contribution >= 4 is 38.9 Å². The molecule has 0 radical (unpaired) electrons. The molecule has 0 saturated heterocycles. The second-order valence-corrected chi connectivity index (χ2v) is 6.07. The second kappa shape index (κ2) is 5.18. The average molecular weight is 302 g/mol.